The van der Waals surface area contributed by atoms with Crippen molar-refractivity contribution in [2.24, 2.45) is 23.2 Å². The Morgan fingerprint density at radius 2 is 2.00 bits per heavy atom. The molecular formula is C16H30O2. The van der Waals surface area contributed by atoms with Crippen LogP contribution in [0, 0.1) is 23.2 Å². The molecule has 1 aliphatic carbocycles. The van der Waals surface area contributed by atoms with Crippen molar-refractivity contribution in [1.29, 1.82) is 0 Å². The first-order chi connectivity index (χ1) is 8.24. The van der Waals surface area contributed by atoms with Crippen LogP contribution in [0.3, 0.4) is 0 Å². The molecule has 0 saturated heterocycles. The minimum absolute atomic E-state index is 0.0347. The van der Waals surface area contributed by atoms with E-state index in [1.54, 1.807) is 0 Å². The summed E-state index contributed by atoms with van der Waals surface area (Å²) in [6.07, 6.45) is 5.24. The molecule has 0 aromatic rings. The summed E-state index contributed by atoms with van der Waals surface area (Å²) in [6, 6.07) is 0. The van der Waals surface area contributed by atoms with Crippen LogP contribution in [0.1, 0.15) is 67.2 Å². The molecule has 0 bridgehead atoms. The SMILES string of the molecule is CC(=O)O[C@H](C)[C@H](C)C[C@@H]1[C@H](C)CCCC1(C)C. The molecule has 2 nitrogen and oxygen atoms in total. The van der Waals surface area contributed by atoms with Gasteiger partial charge in [-0.05, 0) is 42.9 Å². The van der Waals surface area contributed by atoms with Gasteiger partial charge in [0, 0.05) is 6.92 Å². The molecule has 0 aliphatic heterocycles. The molecule has 0 spiro atoms. The maximum absolute atomic E-state index is 11.0. The van der Waals surface area contributed by atoms with Crippen molar-refractivity contribution >= 4 is 5.97 Å². The minimum atomic E-state index is -0.162. The van der Waals surface area contributed by atoms with E-state index in [9.17, 15) is 4.79 Å². The molecular weight excluding hydrogens is 224 g/mol. The lowest BCUT2D eigenvalue weighted by molar-refractivity contribution is -0.148. The molecule has 1 saturated carbocycles. The molecule has 18 heavy (non-hydrogen) atoms. The molecule has 0 aromatic heterocycles. The Kier molecular flexibility index (Phi) is 5.24. The maximum Gasteiger partial charge on any atom is 0.302 e. The van der Waals surface area contributed by atoms with Gasteiger partial charge in [0.1, 0.15) is 6.10 Å². The number of hydrogen-bond acceptors (Lipinski definition) is 2. The Morgan fingerprint density at radius 3 is 2.50 bits per heavy atom. The number of carbonyl (C=O) groups excluding carboxylic acids is 1. The van der Waals surface area contributed by atoms with Crippen molar-refractivity contribution in [2.45, 2.75) is 73.3 Å². The summed E-state index contributed by atoms with van der Waals surface area (Å²) in [5, 5.41) is 0. The van der Waals surface area contributed by atoms with Crippen LogP contribution in [0.2, 0.25) is 0 Å². The van der Waals surface area contributed by atoms with Crippen molar-refractivity contribution in [2.75, 3.05) is 0 Å². The molecule has 0 radical (unpaired) electrons. The quantitative estimate of drug-likeness (QED) is 0.694. The Labute approximate surface area is 112 Å². The largest absolute Gasteiger partial charge is 0.463 e. The van der Waals surface area contributed by atoms with E-state index >= 15 is 0 Å². The van der Waals surface area contributed by atoms with Gasteiger partial charge in [0.05, 0.1) is 0 Å². The predicted octanol–water partition coefficient (Wildman–Crippen LogP) is 4.43. The van der Waals surface area contributed by atoms with Gasteiger partial charge in [-0.2, -0.15) is 0 Å². The van der Waals surface area contributed by atoms with E-state index < -0.39 is 0 Å². The zero-order chi connectivity index (χ0) is 13.9. The molecule has 0 unspecified atom stereocenters. The van der Waals surface area contributed by atoms with E-state index in [4.69, 9.17) is 4.74 Å². The monoisotopic (exact) mass is 254 g/mol. The van der Waals surface area contributed by atoms with Crippen LogP contribution >= 0.6 is 0 Å². The second-order valence-corrected chi connectivity index (χ2v) is 6.99. The van der Waals surface area contributed by atoms with Crippen LogP contribution in [0.5, 0.6) is 0 Å². The van der Waals surface area contributed by atoms with Gasteiger partial charge in [-0.3, -0.25) is 4.79 Å². The van der Waals surface area contributed by atoms with Crippen LogP contribution in [0.15, 0.2) is 0 Å². The standard InChI is InChI=1S/C16H30O2/c1-11-8-7-9-16(5,6)15(11)10-12(2)13(3)18-14(4)17/h11-13,15H,7-10H2,1-6H3/t11-,12-,13-,15-/m1/s1. The van der Waals surface area contributed by atoms with Gasteiger partial charge in [0.2, 0.25) is 0 Å². The average molecular weight is 254 g/mol. The van der Waals surface area contributed by atoms with Crippen LogP contribution in [0.4, 0.5) is 0 Å². The van der Waals surface area contributed by atoms with Gasteiger partial charge in [-0.1, -0.05) is 40.5 Å². The molecule has 1 rings (SSSR count). The Balaban J connectivity index is 2.60. The van der Waals surface area contributed by atoms with Crippen molar-refractivity contribution < 1.29 is 9.53 Å². The van der Waals surface area contributed by atoms with E-state index in [0.717, 1.165) is 11.8 Å². The molecule has 0 aromatic carbocycles. The fourth-order valence-electron chi connectivity index (χ4n) is 3.56. The van der Waals surface area contributed by atoms with Crippen LogP contribution in [-0.2, 0) is 9.53 Å². The molecule has 4 atom stereocenters. The van der Waals surface area contributed by atoms with Crippen LogP contribution in [0.25, 0.3) is 0 Å². The lowest BCUT2D eigenvalue weighted by Crippen LogP contribution is -2.36. The van der Waals surface area contributed by atoms with E-state index in [0.29, 0.717) is 11.3 Å². The third kappa shape index (κ3) is 4.00. The normalized spacial score (nSPS) is 30.6. The fourth-order valence-corrected chi connectivity index (χ4v) is 3.56. The topological polar surface area (TPSA) is 26.3 Å². The summed E-state index contributed by atoms with van der Waals surface area (Å²) in [5.41, 5.74) is 0.432. The summed E-state index contributed by atoms with van der Waals surface area (Å²) in [4.78, 5) is 11.0. The predicted molar refractivity (Wildman–Crippen MR) is 75.3 cm³/mol. The third-order valence-electron chi connectivity index (χ3n) is 4.95. The highest BCUT2D eigenvalue weighted by Gasteiger charge is 2.38. The molecule has 0 N–H and O–H groups in total. The van der Waals surface area contributed by atoms with Gasteiger partial charge in [0.25, 0.3) is 0 Å². The summed E-state index contributed by atoms with van der Waals surface area (Å²) < 4.78 is 5.32. The Hall–Kier alpha value is -0.530. The zero-order valence-electron chi connectivity index (χ0n) is 13.0. The van der Waals surface area contributed by atoms with Gasteiger partial charge in [0.15, 0.2) is 0 Å². The first-order valence-corrected chi connectivity index (χ1v) is 7.41. The number of ether oxygens (including phenoxy) is 1. The Morgan fingerprint density at radius 1 is 1.39 bits per heavy atom. The minimum Gasteiger partial charge on any atom is -0.463 e. The molecule has 1 fully saturated rings. The fraction of sp³-hybridized carbons (Fsp3) is 0.938. The summed E-state index contributed by atoms with van der Waals surface area (Å²) in [7, 11) is 0. The van der Waals surface area contributed by atoms with Crippen molar-refractivity contribution in [3.8, 4) is 0 Å². The van der Waals surface area contributed by atoms with Gasteiger partial charge < -0.3 is 4.74 Å². The van der Waals surface area contributed by atoms with E-state index in [1.807, 2.05) is 6.92 Å². The number of carbonyl (C=O) groups is 1. The third-order valence-corrected chi connectivity index (χ3v) is 4.95. The molecule has 2 heteroatoms. The highest BCUT2D eigenvalue weighted by Crippen LogP contribution is 2.47. The molecule has 106 valence electrons. The summed E-state index contributed by atoms with van der Waals surface area (Å²) >= 11 is 0. The molecule has 0 heterocycles. The lowest BCUT2D eigenvalue weighted by Gasteiger charge is -2.44. The highest BCUT2D eigenvalue weighted by molar-refractivity contribution is 5.66. The Bertz CT molecular complexity index is 283. The first kappa shape index (κ1) is 15.5. The maximum atomic E-state index is 11.0. The second-order valence-electron chi connectivity index (χ2n) is 6.99. The lowest BCUT2D eigenvalue weighted by atomic mass is 9.61. The summed E-state index contributed by atoms with van der Waals surface area (Å²) in [5.74, 6) is 1.82. The van der Waals surface area contributed by atoms with Gasteiger partial charge in [-0.15, -0.1) is 0 Å². The smallest absolute Gasteiger partial charge is 0.302 e. The first-order valence-electron chi connectivity index (χ1n) is 7.41. The second kappa shape index (κ2) is 6.08. The zero-order valence-corrected chi connectivity index (χ0v) is 13.0. The van der Waals surface area contributed by atoms with Crippen molar-refractivity contribution in [1.82, 2.24) is 0 Å². The van der Waals surface area contributed by atoms with Crippen LogP contribution < -0.4 is 0 Å². The van der Waals surface area contributed by atoms with Gasteiger partial charge >= 0.3 is 5.97 Å². The molecule has 0 amide bonds. The van der Waals surface area contributed by atoms with Crippen LogP contribution in [-0.4, -0.2) is 12.1 Å². The number of esters is 1. The van der Waals surface area contributed by atoms with Crippen molar-refractivity contribution in [3.05, 3.63) is 0 Å². The summed E-state index contributed by atoms with van der Waals surface area (Å²) in [6.45, 7) is 12.9. The average Bonchev–Trinajstić information content (AvgIpc) is 2.22. The number of hydrogen-bond donors (Lipinski definition) is 0. The highest BCUT2D eigenvalue weighted by atomic mass is 16.5. The number of rotatable bonds is 4. The molecule has 1 aliphatic rings. The van der Waals surface area contributed by atoms with E-state index in [1.165, 1.54) is 32.6 Å². The van der Waals surface area contributed by atoms with E-state index in [-0.39, 0.29) is 12.1 Å². The van der Waals surface area contributed by atoms with E-state index in [2.05, 4.69) is 27.7 Å². The van der Waals surface area contributed by atoms with Crippen molar-refractivity contribution in [3.63, 3.8) is 0 Å². The van der Waals surface area contributed by atoms with Gasteiger partial charge in [-0.25, -0.2) is 0 Å².